The highest BCUT2D eigenvalue weighted by molar-refractivity contribution is 6.01. The first-order valence-electron chi connectivity index (χ1n) is 12.1. The molecule has 2 aromatic carbocycles. The Bertz CT molecular complexity index is 1530. The Morgan fingerprint density at radius 2 is 1.86 bits per heavy atom. The number of morpholine rings is 1. The molecule has 2 saturated heterocycles. The second-order valence-electron chi connectivity index (χ2n) is 9.25. The number of nitrogens with one attached hydrogen (secondary N) is 1. The van der Waals surface area contributed by atoms with Crippen LogP contribution in [0.1, 0.15) is 12.0 Å². The van der Waals surface area contributed by atoms with E-state index in [1.165, 1.54) is 24.4 Å². The van der Waals surface area contributed by atoms with Crippen molar-refractivity contribution in [1.29, 1.82) is 5.26 Å². The summed E-state index contributed by atoms with van der Waals surface area (Å²) in [6, 6.07) is 12.0. The van der Waals surface area contributed by atoms with Gasteiger partial charge in [0, 0.05) is 60.6 Å². The second-order valence-corrected chi connectivity index (χ2v) is 9.25. The monoisotopic (exact) mass is 501 g/mol. The van der Waals surface area contributed by atoms with Crippen LogP contribution >= 0.6 is 0 Å². The third-order valence-corrected chi connectivity index (χ3v) is 7.01. The van der Waals surface area contributed by atoms with E-state index in [0.717, 1.165) is 24.7 Å². The first-order chi connectivity index (χ1) is 18.0. The summed E-state index contributed by atoms with van der Waals surface area (Å²) in [5.74, 6) is -2.08. The molecule has 6 rings (SSSR count). The Labute approximate surface area is 211 Å². The maximum absolute atomic E-state index is 15.0. The molecule has 0 amide bonds. The first-order valence-corrected chi connectivity index (χ1v) is 12.1. The fourth-order valence-corrected chi connectivity index (χ4v) is 5.30. The Morgan fingerprint density at radius 3 is 2.68 bits per heavy atom. The normalized spacial score (nSPS) is 19.5. The zero-order valence-electron chi connectivity index (χ0n) is 19.7. The van der Waals surface area contributed by atoms with Crippen LogP contribution in [0.15, 0.2) is 54.9 Å². The summed E-state index contributed by atoms with van der Waals surface area (Å²) < 4.78 is 49.5. The second kappa shape index (κ2) is 9.47. The Balaban J connectivity index is 1.56. The fourth-order valence-electron chi connectivity index (χ4n) is 5.30. The summed E-state index contributed by atoms with van der Waals surface area (Å²) in [6.07, 6.45) is 3.79. The van der Waals surface area contributed by atoms with Crippen molar-refractivity contribution in [3.8, 4) is 28.5 Å². The van der Waals surface area contributed by atoms with Crippen molar-refractivity contribution in [2.75, 3.05) is 31.1 Å². The molecule has 186 valence electrons. The zero-order chi connectivity index (χ0) is 25.5. The van der Waals surface area contributed by atoms with Crippen LogP contribution in [0, 0.1) is 28.8 Å². The minimum Gasteiger partial charge on any atom is -0.373 e. The van der Waals surface area contributed by atoms with Crippen molar-refractivity contribution in [3.05, 3.63) is 77.9 Å². The smallest absolute Gasteiger partial charge is 0.167 e. The van der Waals surface area contributed by atoms with E-state index in [1.807, 2.05) is 6.07 Å². The molecule has 0 saturated carbocycles. The number of fused-ring (bicyclic) bond motifs is 2. The van der Waals surface area contributed by atoms with Crippen LogP contribution in [-0.2, 0) is 4.74 Å². The summed E-state index contributed by atoms with van der Waals surface area (Å²) in [4.78, 5) is 10.9. The van der Waals surface area contributed by atoms with Gasteiger partial charge in [-0.1, -0.05) is 6.07 Å². The number of ether oxygens (including phenoxy) is 1. The van der Waals surface area contributed by atoms with E-state index >= 15 is 4.39 Å². The standard InChI is InChI=1S/C28H22F3N5O/c29-19-9-18(10-20(30)12-19)22-14-35-23-2-1-16(27-26(31)17(13-32)3-5-34-27)11-21(23)28(22)36-7-4-24-25(15-36)37-8-6-33-24/h1-3,5,9-12,14,24-25,33H,4,6-8,15H2. The summed E-state index contributed by atoms with van der Waals surface area (Å²) in [7, 11) is 0. The number of rotatable bonds is 3. The van der Waals surface area contributed by atoms with Crippen molar-refractivity contribution < 1.29 is 17.9 Å². The van der Waals surface area contributed by atoms with Gasteiger partial charge in [0.25, 0.3) is 0 Å². The van der Waals surface area contributed by atoms with Gasteiger partial charge in [0.2, 0.25) is 0 Å². The summed E-state index contributed by atoms with van der Waals surface area (Å²) in [5, 5.41) is 13.5. The van der Waals surface area contributed by atoms with Crippen molar-refractivity contribution in [2.45, 2.75) is 18.6 Å². The topological polar surface area (TPSA) is 74.1 Å². The van der Waals surface area contributed by atoms with E-state index in [1.54, 1.807) is 24.4 Å². The average molecular weight is 502 g/mol. The van der Waals surface area contributed by atoms with E-state index < -0.39 is 17.5 Å². The van der Waals surface area contributed by atoms with Crippen molar-refractivity contribution in [2.24, 2.45) is 0 Å². The maximum Gasteiger partial charge on any atom is 0.167 e. The molecule has 1 N–H and O–H groups in total. The number of pyridine rings is 2. The third kappa shape index (κ3) is 4.28. The quantitative estimate of drug-likeness (QED) is 0.434. The molecule has 2 atom stereocenters. The van der Waals surface area contributed by atoms with Crippen molar-refractivity contribution >= 4 is 16.6 Å². The van der Waals surface area contributed by atoms with Crippen molar-refractivity contribution in [3.63, 3.8) is 0 Å². The van der Waals surface area contributed by atoms with E-state index in [2.05, 4.69) is 20.2 Å². The number of nitriles is 1. The molecule has 37 heavy (non-hydrogen) atoms. The van der Waals surface area contributed by atoms with Gasteiger partial charge in [-0.3, -0.25) is 9.97 Å². The number of halogens is 3. The Hall–Kier alpha value is -4.00. The number of aromatic nitrogens is 2. The van der Waals surface area contributed by atoms with Crippen LogP contribution < -0.4 is 10.2 Å². The maximum atomic E-state index is 15.0. The molecule has 2 aliphatic heterocycles. The molecular weight excluding hydrogens is 479 g/mol. The highest BCUT2D eigenvalue weighted by Crippen LogP contribution is 2.40. The molecule has 2 fully saturated rings. The third-order valence-electron chi connectivity index (χ3n) is 7.01. The molecule has 0 aliphatic carbocycles. The average Bonchev–Trinajstić information content (AvgIpc) is 2.91. The number of anilines is 1. The lowest BCUT2D eigenvalue weighted by Crippen LogP contribution is -2.57. The van der Waals surface area contributed by atoms with Gasteiger partial charge in [-0.05, 0) is 42.3 Å². The Morgan fingerprint density at radius 1 is 1.03 bits per heavy atom. The lowest BCUT2D eigenvalue weighted by atomic mass is 9.95. The van der Waals surface area contributed by atoms with Crippen LogP contribution in [0.4, 0.5) is 18.9 Å². The van der Waals surface area contributed by atoms with Gasteiger partial charge in [0.05, 0.1) is 29.5 Å². The molecule has 2 aliphatic rings. The molecule has 2 aromatic heterocycles. The lowest BCUT2D eigenvalue weighted by Gasteiger charge is -2.43. The molecule has 0 radical (unpaired) electrons. The zero-order valence-corrected chi connectivity index (χ0v) is 19.7. The molecule has 4 aromatic rings. The molecule has 4 heterocycles. The van der Waals surface area contributed by atoms with Crippen molar-refractivity contribution in [1.82, 2.24) is 15.3 Å². The number of hydrogen-bond acceptors (Lipinski definition) is 6. The SMILES string of the molecule is N#Cc1ccnc(-c2ccc3ncc(-c4cc(F)cc(F)c4)c(N4CCC5NCCOC5C4)c3c2)c1F. The molecule has 6 nitrogen and oxygen atoms in total. The molecule has 0 spiro atoms. The van der Waals surface area contributed by atoms with Gasteiger partial charge in [0.1, 0.15) is 23.4 Å². The lowest BCUT2D eigenvalue weighted by molar-refractivity contribution is -0.00896. The van der Waals surface area contributed by atoms with E-state index in [0.29, 0.717) is 47.3 Å². The van der Waals surface area contributed by atoms with Gasteiger partial charge in [-0.15, -0.1) is 0 Å². The molecule has 0 bridgehead atoms. The summed E-state index contributed by atoms with van der Waals surface area (Å²) in [5.41, 5.74) is 2.71. The molecule has 2 unspecified atom stereocenters. The minimum absolute atomic E-state index is 0.0441. The highest BCUT2D eigenvalue weighted by atomic mass is 19.1. The Kier molecular flexibility index (Phi) is 5.99. The minimum atomic E-state index is -0.704. The fraction of sp³-hybridized carbons (Fsp3) is 0.250. The van der Waals surface area contributed by atoms with Gasteiger partial charge in [0.15, 0.2) is 5.82 Å². The molecule has 9 heteroatoms. The largest absolute Gasteiger partial charge is 0.373 e. The number of benzene rings is 2. The highest BCUT2D eigenvalue weighted by Gasteiger charge is 2.33. The predicted molar refractivity (Wildman–Crippen MR) is 133 cm³/mol. The predicted octanol–water partition coefficient (Wildman–Crippen LogP) is 4.82. The summed E-state index contributed by atoms with van der Waals surface area (Å²) in [6.45, 7) is 2.67. The van der Waals surface area contributed by atoms with Gasteiger partial charge in [-0.2, -0.15) is 5.26 Å². The van der Waals surface area contributed by atoms with Gasteiger partial charge in [-0.25, -0.2) is 13.2 Å². The van der Waals surface area contributed by atoms with Gasteiger partial charge >= 0.3 is 0 Å². The van der Waals surface area contributed by atoms with Crippen LogP contribution in [-0.4, -0.2) is 48.4 Å². The first kappa shape index (κ1) is 23.4. The summed E-state index contributed by atoms with van der Waals surface area (Å²) >= 11 is 0. The number of nitrogens with zero attached hydrogens (tertiary/aromatic N) is 4. The van der Waals surface area contributed by atoms with Crippen LogP contribution in [0.3, 0.4) is 0 Å². The van der Waals surface area contributed by atoms with E-state index in [4.69, 9.17) is 4.74 Å². The van der Waals surface area contributed by atoms with Crippen LogP contribution in [0.2, 0.25) is 0 Å². The molecular formula is C28H22F3N5O. The van der Waals surface area contributed by atoms with Crippen LogP contribution in [0.25, 0.3) is 33.3 Å². The van der Waals surface area contributed by atoms with Gasteiger partial charge < -0.3 is 15.0 Å². The van der Waals surface area contributed by atoms with Crippen LogP contribution in [0.5, 0.6) is 0 Å². The van der Waals surface area contributed by atoms with E-state index in [-0.39, 0.29) is 23.4 Å². The number of piperidine rings is 1. The number of hydrogen-bond donors (Lipinski definition) is 1. The van der Waals surface area contributed by atoms with E-state index in [9.17, 15) is 14.0 Å².